The van der Waals surface area contributed by atoms with Crippen LogP contribution in [-0.4, -0.2) is 10.8 Å². The maximum Gasteiger partial charge on any atom is 0.167 e. The van der Waals surface area contributed by atoms with Crippen LogP contribution in [-0.2, 0) is 6.42 Å². The van der Waals surface area contributed by atoms with Gasteiger partial charge in [0.2, 0.25) is 0 Å². The number of Topliss-reactive ketones (excluding diaryl/α,β-unsaturated/α-hetero) is 1. The van der Waals surface area contributed by atoms with Crippen molar-refractivity contribution in [1.82, 2.24) is 4.98 Å². The summed E-state index contributed by atoms with van der Waals surface area (Å²) in [6.45, 7) is 0. The Hall–Kier alpha value is -2.75. The molecule has 0 aliphatic heterocycles. The van der Waals surface area contributed by atoms with E-state index in [0.29, 0.717) is 40.7 Å². The minimum atomic E-state index is -0.378. The highest BCUT2D eigenvalue weighted by molar-refractivity contribution is 6.09. The van der Waals surface area contributed by atoms with E-state index in [1.807, 2.05) is 30.3 Å². The third-order valence-electron chi connectivity index (χ3n) is 4.48. The predicted molar refractivity (Wildman–Crippen MR) is 87.9 cm³/mol. The van der Waals surface area contributed by atoms with E-state index in [9.17, 15) is 9.18 Å². The summed E-state index contributed by atoms with van der Waals surface area (Å²) in [6, 6.07) is 14.3. The van der Waals surface area contributed by atoms with Crippen LogP contribution in [0.5, 0.6) is 0 Å². The summed E-state index contributed by atoms with van der Waals surface area (Å²) in [5.74, 6) is -0.284. The van der Waals surface area contributed by atoms with Gasteiger partial charge in [-0.05, 0) is 36.1 Å². The van der Waals surface area contributed by atoms with Gasteiger partial charge in [-0.3, -0.25) is 9.78 Å². The molecule has 2 aromatic carbocycles. The first kappa shape index (κ1) is 13.9. The van der Waals surface area contributed by atoms with Crippen LogP contribution in [0, 0.1) is 5.82 Å². The number of carbonyl (C=O) groups excluding carboxylic acids is 1. The number of hydrogen-bond donors (Lipinski definition) is 1. The maximum absolute atomic E-state index is 13.5. The van der Waals surface area contributed by atoms with E-state index < -0.39 is 0 Å². The topological polar surface area (TPSA) is 56.0 Å². The summed E-state index contributed by atoms with van der Waals surface area (Å²) in [4.78, 5) is 17.2. The standard InChI is InChI=1S/C19H15FN2O/c20-13-6-7-15-14(10-13)19(21)18-16(22-15)8-12(9-17(18)23)11-4-2-1-3-5-11/h1-7,10,12H,8-9H2,(H2,21,22). The molecule has 3 aromatic rings. The van der Waals surface area contributed by atoms with Crippen LogP contribution in [0.25, 0.3) is 10.9 Å². The van der Waals surface area contributed by atoms with Crippen LogP contribution in [0.1, 0.15) is 34.0 Å². The molecule has 1 unspecified atom stereocenters. The second-order valence-corrected chi connectivity index (χ2v) is 5.95. The lowest BCUT2D eigenvalue weighted by atomic mass is 9.80. The van der Waals surface area contributed by atoms with Crippen molar-refractivity contribution in [1.29, 1.82) is 0 Å². The first-order chi connectivity index (χ1) is 11.1. The van der Waals surface area contributed by atoms with Gasteiger partial charge in [0.1, 0.15) is 5.82 Å². The molecule has 23 heavy (non-hydrogen) atoms. The van der Waals surface area contributed by atoms with Gasteiger partial charge in [-0.25, -0.2) is 4.39 Å². The lowest BCUT2D eigenvalue weighted by Crippen LogP contribution is -2.22. The molecule has 1 atom stereocenters. The van der Waals surface area contributed by atoms with Crippen molar-refractivity contribution in [2.24, 2.45) is 0 Å². The monoisotopic (exact) mass is 306 g/mol. The number of nitrogens with two attached hydrogens (primary N) is 1. The zero-order valence-corrected chi connectivity index (χ0v) is 12.4. The van der Waals surface area contributed by atoms with Gasteiger partial charge < -0.3 is 5.73 Å². The Morgan fingerprint density at radius 1 is 1.09 bits per heavy atom. The molecular formula is C19H15FN2O. The van der Waals surface area contributed by atoms with Gasteiger partial charge in [0.05, 0.1) is 22.5 Å². The second kappa shape index (κ2) is 5.16. The zero-order valence-electron chi connectivity index (χ0n) is 12.4. The van der Waals surface area contributed by atoms with Crippen LogP contribution in [0.2, 0.25) is 0 Å². The van der Waals surface area contributed by atoms with E-state index in [-0.39, 0.29) is 17.5 Å². The van der Waals surface area contributed by atoms with Crippen molar-refractivity contribution in [2.45, 2.75) is 18.8 Å². The number of rotatable bonds is 1. The van der Waals surface area contributed by atoms with Gasteiger partial charge in [-0.1, -0.05) is 30.3 Å². The number of anilines is 1. The fourth-order valence-corrected chi connectivity index (χ4v) is 3.36. The third kappa shape index (κ3) is 2.27. The highest BCUT2D eigenvalue weighted by Gasteiger charge is 2.30. The third-order valence-corrected chi connectivity index (χ3v) is 4.48. The van der Waals surface area contributed by atoms with Crippen LogP contribution in [0.3, 0.4) is 0 Å². The number of pyridine rings is 1. The quantitative estimate of drug-likeness (QED) is 0.742. The molecule has 0 radical (unpaired) electrons. The highest BCUT2D eigenvalue weighted by Crippen LogP contribution is 2.37. The minimum absolute atomic E-state index is 0.0173. The van der Waals surface area contributed by atoms with Crippen molar-refractivity contribution in [2.75, 3.05) is 5.73 Å². The average molecular weight is 306 g/mol. The van der Waals surface area contributed by atoms with Crippen LogP contribution in [0.15, 0.2) is 48.5 Å². The van der Waals surface area contributed by atoms with Gasteiger partial charge in [0.25, 0.3) is 0 Å². The molecule has 1 heterocycles. The first-order valence-corrected chi connectivity index (χ1v) is 7.59. The lowest BCUT2D eigenvalue weighted by Gasteiger charge is -2.25. The number of aromatic nitrogens is 1. The van der Waals surface area contributed by atoms with Gasteiger partial charge in [-0.15, -0.1) is 0 Å². The second-order valence-electron chi connectivity index (χ2n) is 5.95. The molecule has 3 nitrogen and oxygen atoms in total. The fraction of sp³-hybridized carbons (Fsp3) is 0.158. The molecule has 2 N–H and O–H groups in total. The summed E-state index contributed by atoms with van der Waals surface area (Å²) < 4.78 is 13.5. The smallest absolute Gasteiger partial charge is 0.167 e. The molecule has 0 bridgehead atoms. The molecule has 1 aliphatic rings. The van der Waals surface area contributed by atoms with E-state index in [4.69, 9.17) is 5.73 Å². The van der Waals surface area contributed by atoms with Crippen molar-refractivity contribution >= 4 is 22.4 Å². The van der Waals surface area contributed by atoms with Crippen molar-refractivity contribution < 1.29 is 9.18 Å². The number of ketones is 1. The Morgan fingerprint density at radius 2 is 1.87 bits per heavy atom. The molecule has 4 rings (SSSR count). The van der Waals surface area contributed by atoms with Gasteiger partial charge in [0.15, 0.2) is 5.78 Å². The van der Waals surface area contributed by atoms with E-state index in [0.717, 1.165) is 5.56 Å². The summed E-state index contributed by atoms with van der Waals surface area (Å²) in [7, 11) is 0. The van der Waals surface area contributed by atoms with Gasteiger partial charge in [-0.2, -0.15) is 0 Å². The number of nitrogen functional groups attached to an aromatic ring is 1. The van der Waals surface area contributed by atoms with Crippen LogP contribution >= 0.6 is 0 Å². The van der Waals surface area contributed by atoms with Crippen molar-refractivity contribution in [3.63, 3.8) is 0 Å². The minimum Gasteiger partial charge on any atom is -0.398 e. The van der Waals surface area contributed by atoms with Gasteiger partial charge in [0, 0.05) is 11.8 Å². The van der Waals surface area contributed by atoms with Crippen molar-refractivity contribution in [3.8, 4) is 0 Å². The number of fused-ring (bicyclic) bond motifs is 2. The Kier molecular flexibility index (Phi) is 3.11. The maximum atomic E-state index is 13.5. The molecule has 114 valence electrons. The van der Waals surface area contributed by atoms with Crippen molar-refractivity contribution in [3.05, 3.63) is 71.2 Å². The van der Waals surface area contributed by atoms with Crippen LogP contribution < -0.4 is 5.73 Å². The summed E-state index contributed by atoms with van der Waals surface area (Å²) in [5.41, 5.74) is 9.45. The molecule has 0 saturated carbocycles. The molecule has 0 amide bonds. The Bertz CT molecular complexity index is 922. The molecule has 0 saturated heterocycles. The highest BCUT2D eigenvalue weighted by atomic mass is 19.1. The SMILES string of the molecule is Nc1c2c(nc3ccc(F)cc13)CC(c1ccccc1)CC2=O. The largest absolute Gasteiger partial charge is 0.398 e. The molecule has 1 aliphatic carbocycles. The summed E-state index contributed by atoms with van der Waals surface area (Å²) in [5, 5.41) is 0.510. The molecule has 0 fully saturated rings. The molecular weight excluding hydrogens is 291 g/mol. The summed E-state index contributed by atoms with van der Waals surface area (Å²) >= 11 is 0. The Labute approximate surface area is 133 Å². The predicted octanol–water partition coefficient (Wildman–Crippen LogP) is 3.87. The number of halogens is 1. The first-order valence-electron chi connectivity index (χ1n) is 7.59. The number of carbonyl (C=O) groups is 1. The number of benzene rings is 2. The summed E-state index contributed by atoms with van der Waals surface area (Å²) in [6.07, 6.45) is 1.08. The van der Waals surface area contributed by atoms with E-state index in [1.165, 1.54) is 12.1 Å². The molecule has 4 heteroatoms. The number of nitrogens with zero attached hydrogens (tertiary/aromatic N) is 1. The van der Waals surface area contributed by atoms with E-state index >= 15 is 0 Å². The number of hydrogen-bond acceptors (Lipinski definition) is 3. The molecule has 1 aromatic heterocycles. The normalized spacial score (nSPS) is 17.3. The Balaban J connectivity index is 1.86. The fourth-order valence-electron chi connectivity index (χ4n) is 3.36. The Morgan fingerprint density at radius 3 is 2.65 bits per heavy atom. The lowest BCUT2D eigenvalue weighted by molar-refractivity contribution is 0.0964. The van der Waals surface area contributed by atoms with Gasteiger partial charge >= 0.3 is 0 Å². The van der Waals surface area contributed by atoms with E-state index in [2.05, 4.69) is 4.98 Å². The average Bonchev–Trinajstić information content (AvgIpc) is 2.56. The molecule has 0 spiro atoms. The van der Waals surface area contributed by atoms with Crippen LogP contribution in [0.4, 0.5) is 10.1 Å². The van der Waals surface area contributed by atoms with E-state index in [1.54, 1.807) is 6.07 Å². The zero-order chi connectivity index (χ0) is 16.0.